The lowest BCUT2D eigenvalue weighted by molar-refractivity contribution is -0.123. The number of imide groups is 1. The molecule has 0 aliphatic carbocycles. The first kappa shape index (κ1) is 31.4. The lowest BCUT2D eigenvalue weighted by atomic mass is 10.1. The number of aryl methyl sites for hydroxylation is 2. The molecule has 4 rings (SSSR count). The van der Waals surface area contributed by atoms with E-state index in [-0.39, 0.29) is 24.0 Å². The minimum atomic E-state index is -0.459. The monoisotopic (exact) mass is 740 g/mol. The van der Waals surface area contributed by atoms with E-state index in [0.717, 1.165) is 32.3 Å². The third kappa shape index (κ3) is 7.48. The molecule has 0 atom stereocenters. The molecule has 214 valence electrons. The second-order valence-corrected chi connectivity index (χ2v) is 12.5. The second-order valence-electron chi connectivity index (χ2n) is 8.98. The second kappa shape index (κ2) is 13.6. The van der Waals surface area contributed by atoms with E-state index in [0.29, 0.717) is 49.4 Å². The first-order valence-corrected chi connectivity index (χ1v) is 15.5. The molecular weight excluding hydrogens is 719 g/mol. The highest BCUT2D eigenvalue weighted by atomic mass is 79.9. The smallest absolute Gasteiger partial charge is 0.293 e. The van der Waals surface area contributed by atoms with Gasteiger partial charge in [-0.1, -0.05) is 29.3 Å². The van der Waals surface area contributed by atoms with Crippen molar-refractivity contribution in [3.63, 3.8) is 0 Å². The molecule has 1 aliphatic rings. The lowest BCUT2D eigenvalue weighted by Gasteiger charge is -2.16. The van der Waals surface area contributed by atoms with Crippen molar-refractivity contribution in [2.24, 2.45) is 0 Å². The summed E-state index contributed by atoms with van der Waals surface area (Å²) < 4.78 is 12.9. The normalized spacial score (nSPS) is 14.1. The van der Waals surface area contributed by atoms with Crippen LogP contribution in [-0.4, -0.2) is 35.2 Å². The fourth-order valence-corrected chi connectivity index (χ4v) is 6.39. The van der Waals surface area contributed by atoms with Gasteiger partial charge in [0, 0.05) is 20.1 Å². The quantitative estimate of drug-likeness (QED) is 0.221. The summed E-state index contributed by atoms with van der Waals surface area (Å²) in [6.45, 7) is 5.81. The molecule has 12 heteroatoms. The molecule has 1 saturated heterocycles. The molecule has 1 aliphatic heterocycles. The predicted molar refractivity (Wildman–Crippen MR) is 171 cm³/mol. The highest BCUT2D eigenvalue weighted by Gasteiger charge is 2.36. The van der Waals surface area contributed by atoms with Gasteiger partial charge in [-0.05, 0) is 124 Å². The summed E-state index contributed by atoms with van der Waals surface area (Å²) in [5, 5.41) is 3.16. The minimum absolute atomic E-state index is 0.0397. The average molecular weight is 743 g/mol. The summed E-state index contributed by atoms with van der Waals surface area (Å²) in [5.74, 6) is -0.102. The molecule has 0 bridgehead atoms. The fraction of sp³-hybridized carbons (Fsp3) is 0.207. The summed E-state index contributed by atoms with van der Waals surface area (Å²) in [7, 11) is 0. The SMILES string of the molecule is CCOc1cc(/C=C2\SC(=O)N(Cc3c(Cl)cccc3Cl)C2=O)cc(Br)c1OCC(=O)Nc1cc(C)c(C)cc1Br. The summed E-state index contributed by atoms with van der Waals surface area (Å²) in [4.78, 5) is 39.8. The highest BCUT2D eigenvalue weighted by Crippen LogP contribution is 2.40. The molecule has 1 N–H and O–H groups in total. The van der Waals surface area contributed by atoms with E-state index in [1.807, 2.05) is 32.9 Å². The molecule has 41 heavy (non-hydrogen) atoms. The van der Waals surface area contributed by atoms with Crippen molar-refractivity contribution in [3.05, 3.63) is 88.6 Å². The Hall–Kier alpha value is -2.50. The van der Waals surface area contributed by atoms with Crippen LogP contribution in [0.25, 0.3) is 6.08 Å². The van der Waals surface area contributed by atoms with Crippen LogP contribution >= 0.6 is 66.8 Å². The number of halogens is 4. The zero-order valence-electron chi connectivity index (χ0n) is 22.1. The number of carbonyl (C=O) groups is 3. The van der Waals surface area contributed by atoms with Crippen molar-refractivity contribution in [1.29, 1.82) is 0 Å². The van der Waals surface area contributed by atoms with E-state index < -0.39 is 11.1 Å². The van der Waals surface area contributed by atoms with Crippen LogP contribution in [0.5, 0.6) is 11.5 Å². The molecule has 0 aromatic heterocycles. The zero-order valence-corrected chi connectivity index (χ0v) is 27.6. The van der Waals surface area contributed by atoms with Gasteiger partial charge in [0.2, 0.25) is 0 Å². The number of nitrogens with zero attached hydrogens (tertiary/aromatic N) is 1. The zero-order chi connectivity index (χ0) is 29.8. The van der Waals surface area contributed by atoms with E-state index in [4.69, 9.17) is 32.7 Å². The summed E-state index contributed by atoms with van der Waals surface area (Å²) in [6, 6.07) is 12.2. The number of rotatable bonds is 9. The van der Waals surface area contributed by atoms with Crippen molar-refractivity contribution in [3.8, 4) is 11.5 Å². The van der Waals surface area contributed by atoms with Gasteiger partial charge in [0.15, 0.2) is 18.1 Å². The van der Waals surface area contributed by atoms with Gasteiger partial charge in [-0.25, -0.2) is 0 Å². The number of ether oxygens (including phenoxy) is 2. The van der Waals surface area contributed by atoms with Crippen molar-refractivity contribution in [2.45, 2.75) is 27.3 Å². The average Bonchev–Trinajstić information content (AvgIpc) is 3.16. The van der Waals surface area contributed by atoms with Gasteiger partial charge in [-0.15, -0.1) is 0 Å². The van der Waals surface area contributed by atoms with E-state index in [9.17, 15) is 14.4 Å². The van der Waals surface area contributed by atoms with Gasteiger partial charge in [0.1, 0.15) is 0 Å². The van der Waals surface area contributed by atoms with Crippen LogP contribution in [0, 0.1) is 13.8 Å². The standard InChI is InChI=1S/C29H24Br2Cl2N2O5S/c1-4-39-24-11-17(12-25-28(37)35(29(38)41-25)13-18-21(32)6-5-7-22(18)33)10-20(31)27(24)40-14-26(36)34-23-9-16(3)15(2)8-19(23)30/h5-12H,4,13-14H2,1-3H3,(H,34,36)/b25-12-. The van der Waals surface area contributed by atoms with Crippen LogP contribution in [-0.2, 0) is 16.1 Å². The highest BCUT2D eigenvalue weighted by molar-refractivity contribution is 9.11. The molecule has 1 heterocycles. The first-order chi connectivity index (χ1) is 19.5. The van der Waals surface area contributed by atoms with Crippen LogP contribution < -0.4 is 14.8 Å². The maximum atomic E-state index is 13.1. The maximum Gasteiger partial charge on any atom is 0.293 e. The molecular formula is C29H24Br2Cl2N2O5S. The van der Waals surface area contributed by atoms with Gasteiger partial charge in [-0.2, -0.15) is 0 Å². The third-order valence-corrected chi connectivity index (χ3v) is 8.95. The molecule has 1 fully saturated rings. The number of amides is 3. The molecule has 3 aromatic carbocycles. The van der Waals surface area contributed by atoms with Crippen LogP contribution in [0.15, 0.2) is 56.3 Å². The number of carbonyl (C=O) groups excluding carboxylic acids is 3. The number of hydrogen-bond donors (Lipinski definition) is 1. The van der Waals surface area contributed by atoms with Crippen LogP contribution in [0.1, 0.15) is 29.2 Å². The molecule has 3 amide bonds. The van der Waals surface area contributed by atoms with Crippen LogP contribution in [0.3, 0.4) is 0 Å². The number of thioether (sulfide) groups is 1. The fourth-order valence-electron chi connectivity index (χ4n) is 3.90. The molecule has 0 radical (unpaired) electrons. The molecule has 3 aromatic rings. The Labute approximate surface area is 268 Å². The Kier molecular flexibility index (Phi) is 10.5. The minimum Gasteiger partial charge on any atom is -0.490 e. The van der Waals surface area contributed by atoms with Crippen LogP contribution in [0.4, 0.5) is 10.5 Å². The maximum absolute atomic E-state index is 13.1. The van der Waals surface area contributed by atoms with E-state index in [2.05, 4.69) is 37.2 Å². The Bertz CT molecular complexity index is 1560. The largest absolute Gasteiger partial charge is 0.490 e. The number of anilines is 1. The van der Waals surface area contributed by atoms with Gasteiger partial charge in [0.25, 0.3) is 17.1 Å². The number of hydrogen-bond acceptors (Lipinski definition) is 6. The summed E-state index contributed by atoms with van der Waals surface area (Å²) >= 11 is 20.3. The van der Waals surface area contributed by atoms with E-state index in [1.165, 1.54) is 0 Å². The lowest BCUT2D eigenvalue weighted by Crippen LogP contribution is -2.27. The first-order valence-electron chi connectivity index (χ1n) is 12.3. The Morgan fingerprint density at radius 2 is 1.71 bits per heavy atom. The van der Waals surface area contributed by atoms with E-state index in [1.54, 1.807) is 36.4 Å². The third-order valence-electron chi connectivity index (χ3n) is 6.09. The predicted octanol–water partition coefficient (Wildman–Crippen LogP) is 8.79. The Morgan fingerprint density at radius 3 is 2.39 bits per heavy atom. The molecule has 0 unspecified atom stereocenters. The molecule has 0 spiro atoms. The van der Waals surface area contributed by atoms with Crippen molar-refractivity contribution in [2.75, 3.05) is 18.5 Å². The Morgan fingerprint density at radius 1 is 1.02 bits per heavy atom. The number of nitrogens with one attached hydrogen (secondary N) is 1. The van der Waals surface area contributed by atoms with Crippen LogP contribution in [0.2, 0.25) is 10.0 Å². The van der Waals surface area contributed by atoms with Gasteiger partial charge in [0.05, 0.1) is 28.2 Å². The van der Waals surface area contributed by atoms with Crippen molar-refractivity contribution < 1.29 is 23.9 Å². The van der Waals surface area contributed by atoms with E-state index >= 15 is 0 Å². The topological polar surface area (TPSA) is 84.9 Å². The van der Waals surface area contributed by atoms with Crippen molar-refractivity contribution >= 4 is 95.6 Å². The molecule has 7 nitrogen and oxygen atoms in total. The van der Waals surface area contributed by atoms with Crippen molar-refractivity contribution in [1.82, 2.24) is 4.90 Å². The number of benzene rings is 3. The summed E-state index contributed by atoms with van der Waals surface area (Å²) in [6.07, 6.45) is 1.60. The van der Waals surface area contributed by atoms with Gasteiger partial charge in [-0.3, -0.25) is 19.3 Å². The molecule has 0 saturated carbocycles. The van der Waals surface area contributed by atoms with Gasteiger partial charge < -0.3 is 14.8 Å². The van der Waals surface area contributed by atoms with Gasteiger partial charge >= 0.3 is 0 Å². The Balaban J connectivity index is 1.51. The summed E-state index contributed by atoms with van der Waals surface area (Å²) in [5.41, 5.74) is 3.89.